The Morgan fingerprint density at radius 1 is 0.937 bits per heavy atom. The highest BCUT2D eigenvalue weighted by Gasteiger charge is 2.42. The number of nitrogens with one attached hydrogen (secondary N) is 4. The van der Waals surface area contributed by atoms with Gasteiger partial charge >= 0.3 is 18.7 Å². The number of aliphatic imine (C=N–C) groups is 1. The van der Waals surface area contributed by atoms with E-state index in [4.69, 9.17) is 61.0 Å². The molecule has 2 aromatic heterocycles. The van der Waals surface area contributed by atoms with E-state index >= 15 is 0 Å². The largest absolute Gasteiger partial charge is 0.481 e. The van der Waals surface area contributed by atoms with Crippen LogP contribution < -0.4 is 49.1 Å². The summed E-state index contributed by atoms with van der Waals surface area (Å²) >= 11 is 12.7. The Morgan fingerprint density at radius 2 is 1.63 bits per heavy atom. The molecule has 8 rings (SSSR count). The number of carboxylic acid groups (broad SMARTS) is 2. The number of carbonyl (C=O) groups is 6. The highest BCUT2D eigenvalue weighted by molar-refractivity contribution is 8.54. The monoisotopic (exact) mass is 1190 g/mol. The van der Waals surface area contributed by atoms with Crippen molar-refractivity contribution in [3.05, 3.63) is 99.3 Å². The molecule has 0 aliphatic carbocycles. The zero-order valence-corrected chi connectivity index (χ0v) is 46.8. The van der Waals surface area contributed by atoms with Crippen LogP contribution in [0.1, 0.15) is 72.6 Å². The van der Waals surface area contributed by atoms with Crippen LogP contribution in [0.4, 0.5) is 28.8 Å². The molecule has 426 valence electrons. The van der Waals surface area contributed by atoms with Crippen molar-refractivity contribution in [2.24, 2.45) is 10.7 Å². The molecule has 3 aliphatic rings. The molecule has 0 saturated carbocycles. The summed E-state index contributed by atoms with van der Waals surface area (Å²) in [5.41, 5.74) is 27.2. The molecule has 4 amide bonds. The highest BCUT2D eigenvalue weighted by atomic mass is 35.5. The second-order valence-corrected chi connectivity index (χ2v) is 22.2. The van der Waals surface area contributed by atoms with Gasteiger partial charge in [-0.05, 0) is 104 Å². The van der Waals surface area contributed by atoms with Crippen LogP contribution in [0, 0.1) is 0 Å². The van der Waals surface area contributed by atoms with E-state index < -0.39 is 36.1 Å². The fourth-order valence-electron chi connectivity index (χ4n) is 7.85. The van der Waals surface area contributed by atoms with Crippen LogP contribution in [-0.2, 0) is 47.0 Å². The Balaban J connectivity index is 0.000000246. The number of anilines is 4. The lowest BCUT2D eigenvalue weighted by Gasteiger charge is -2.34. The molecule has 3 aliphatic heterocycles. The smallest absolute Gasteiger partial charge is 0.384 e. The predicted octanol–water partition coefficient (Wildman–Crippen LogP) is 3.72. The third-order valence-electron chi connectivity index (χ3n) is 12.0. The maximum absolute atomic E-state index is 12.4. The predicted molar refractivity (Wildman–Crippen MR) is 304 cm³/mol. The van der Waals surface area contributed by atoms with Crippen molar-refractivity contribution in [2.75, 3.05) is 61.1 Å². The summed E-state index contributed by atoms with van der Waals surface area (Å²) < 4.78 is 10.3. The molecule has 79 heavy (non-hydrogen) atoms. The van der Waals surface area contributed by atoms with Crippen molar-refractivity contribution in [3.63, 3.8) is 0 Å². The number of nitrogens with zero attached hydrogens (tertiary/aromatic N) is 7. The van der Waals surface area contributed by atoms with E-state index in [1.165, 1.54) is 12.1 Å². The molecule has 2 atom stereocenters. The van der Waals surface area contributed by atoms with Crippen molar-refractivity contribution < 1.29 is 53.3 Å². The van der Waals surface area contributed by atoms with Crippen LogP contribution in [0.15, 0.2) is 71.9 Å². The number of halogens is 3. The topological polar surface area (TPSA) is 423 Å². The second-order valence-electron chi connectivity index (χ2n) is 17.5. The maximum atomic E-state index is 12.4. The number of carbonyl (C=O) groups excluding carboxylic acids is 4. The summed E-state index contributed by atoms with van der Waals surface area (Å²) in [5, 5.41) is 29.4. The normalized spacial score (nSPS) is 15.6. The first kappa shape index (κ1) is 64.6. The highest BCUT2D eigenvalue weighted by Crippen LogP contribution is 2.49. The van der Waals surface area contributed by atoms with E-state index in [-0.39, 0.29) is 60.3 Å². The van der Waals surface area contributed by atoms with E-state index in [0.29, 0.717) is 108 Å². The first-order valence-corrected chi connectivity index (χ1v) is 27.9. The van der Waals surface area contributed by atoms with Gasteiger partial charge in [0, 0.05) is 54.7 Å². The van der Waals surface area contributed by atoms with Crippen molar-refractivity contribution >= 4 is 135 Å². The summed E-state index contributed by atoms with van der Waals surface area (Å²) in [6, 6.07) is 16.0. The number of rotatable bonds is 18. The number of carboxylic acids is 2. The van der Waals surface area contributed by atoms with Crippen LogP contribution in [0.5, 0.6) is 0 Å². The molecule has 5 heterocycles. The fraction of sp³-hybridized carbons (Fsp3) is 0.354. The minimum atomic E-state index is -3.87. The van der Waals surface area contributed by atoms with Gasteiger partial charge in [0.15, 0.2) is 17.0 Å². The fourth-order valence-corrected chi connectivity index (χ4v) is 9.71. The summed E-state index contributed by atoms with van der Waals surface area (Å²) in [6.45, 7) is 1.39. The van der Waals surface area contributed by atoms with E-state index in [2.05, 4.69) is 46.2 Å². The lowest BCUT2D eigenvalue weighted by atomic mass is 9.72. The Bertz CT molecular complexity index is 3070. The first-order valence-electron chi connectivity index (χ1n) is 24.0. The summed E-state index contributed by atoms with van der Waals surface area (Å²) in [6.07, 6.45) is 3.49. The summed E-state index contributed by atoms with van der Waals surface area (Å²) in [5.74, 6) is -2.32. The van der Waals surface area contributed by atoms with Gasteiger partial charge in [0.05, 0.1) is 46.1 Å². The number of nitrogen functional groups attached to an aromatic ring is 3. The number of aromatic nitrogens is 4. The number of imide groups is 1. The zero-order valence-electron chi connectivity index (χ0n) is 42.7. The molecular formula is C48H61Cl3N15O11PS. The molecule has 26 nitrogen and oxygen atoms in total. The van der Waals surface area contributed by atoms with Crippen LogP contribution in [-0.4, -0.2) is 131 Å². The van der Waals surface area contributed by atoms with Gasteiger partial charge in [-0.3, -0.25) is 34.6 Å². The van der Waals surface area contributed by atoms with E-state index in [0.717, 1.165) is 35.5 Å². The molecule has 2 saturated heterocycles. The van der Waals surface area contributed by atoms with Gasteiger partial charge in [0.25, 0.3) is 5.91 Å². The number of nitrogens with two attached hydrogens (primary N) is 4. The first-order chi connectivity index (χ1) is 36.9. The van der Waals surface area contributed by atoms with Crippen molar-refractivity contribution in [1.82, 2.24) is 46.1 Å². The number of fused-ring (bicyclic) bond motifs is 3. The Kier molecular flexibility index (Phi) is 24.4. The van der Waals surface area contributed by atoms with E-state index in [9.17, 15) is 38.4 Å². The Hall–Kier alpha value is -6.94. The SMILES string of the molecule is CCC1(c2ccc(N)cc2)CCC(=O)NC1=O.CN(Cc1cnc2nc(N)nc(N)c2n1)c1ccc(C(=O)N[C@@H](CCC(=O)O)C(=O)O)cc1.Cl.NCCCNCCSP(=O)(O)O.O=C1CN2Cc3c(ccc(Cl)c3Cl)N=C2N1. The third-order valence-corrected chi connectivity index (χ3v) is 15.1. The molecular weight excluding hydrogens is 1130 g/mol. The maximum Gasteiger partial charge on any atom is 0.384 e. The van der Waals surface area contributed by atoms with E-state index in [1.807, 2.05) is 35.9 Å². The zero-order chi connectivity index (χ0) is 57.3. The van der Waals surface area contributed by atoms with Crippen LogP contribution in [0.25, 0.3) is 11.2 Å². The van der Waals surface area contributed by atoms with Gasteiger partial charge in [0.2, 0.25) is 29.6 Å². The molecule has 31 heteroatoms. The molecule has 2 fully saturated rings. The summed E-state index contributed by atoms with van der Waals surface area (Å²) in [4.78, 5) is 110. The number of hydrogen-bond donors (Lipinski definition) is 12. The minimum Gasteiger partial charge on any atom is -0.481 e. The van der Waals surface area contributed by atoms with Gasteiger partial charge in [-0.2, -0.15) is 9.97 Å². The quantitative estimate of drug-likeness (QED) is 0.0257. The van der Waals surface area contributed by atoms with Gasteiger partial charge in [0.1, 0.15) is 12.6 Å². The number of hydrogen-bond acceptors (Lipinski definition) is 20. The van der Waals surface area contributed by atoms with Crippen LogP contribution in [0.2, 0.25) is 10.0 Å². The molecule has 1 unspecified atom stereocenters. The number of guanidine groups is 1. The standard InChI is InChI=1S/C20H22N8O5.C13H16N2O2.C10H7Cl2N3O.C5H15N2O3PS.ClH/c1-28(9-11-8-23-17-15(24-11)16(21)26-20(22)27-17)12-4-2-10(3-5-12)18(31)25-13(19(32)33)6-7-14(29)30;1-2-13(8-7-11(16)15-12(13)17)9-3-5-10(14)6-4-9;11-6-1-2-7-5(9(6)12)3-15-4-8(16)14-10(15)13-7;6-2-1-3-7-4-5-12-11(8,9)10;/h2-5,8,13H,6-7,9H2,1H3,(H,25,31)(H,29,30)(H,32,33)(H4,21,22,23,26,27);3-6H,2,7-8,14H2,1H3,(H,15,16,17);1-2H,3-4H2,(H,13,14,16);7H,1-6H2,(H2,8,9,10);1H/t13-;;;;/m0..../s1. The van der Waals surface area contributed by atoms with Crippen LogP contribution >= 0.6 is 53.8 Å². The molecule has 3 aromatic carbocycles. The van der Waals surface area contributed by atoms with Crippen molar-refractivity contribution in [1.29, 1.82) is 0 Å². The molecule has 0 spiro atoms. The number of amides is 4. The van der Waals surface area contributed by atoms with Crippen molar-refractivity contribution in [3.8, 4) is 0 Å². The molecule has 0 radical (unpaired) electrons. The average Bonchev–Trinajstić information content (AvgIpc) is 3.81. The average molecular weight is 1190 g/mol. The van der Waals surface area contributed by atoms with Gasteiger partial charge in [-0.15, -0.1) is 12.4 Å². The molecule has 5 aromatic rings. The Labute approximate surface area is 473 Å². The van der Waals surface area contributed by atoms with Gasteiger partial charge < -0.3 is 63.4 Å². The van der Waals surface area contributed by atoms with Gasteiger partial charge in [-0.1, -0.05) is 42.3 Å². The molecule has 16 N–H and O–H groups in total. The lowest BCUT2D eigenvalue weighted by Crippen LogP contribution is -2.51. The number of aliphatic carboxylic acids is 2. The Morgan fingerprint density at radius 3 is 2.25 bits per heavy atom. The van der Waals surface area contributed by atoms with Crippen LogP contribution in [0.3, 0.4) is 0 Å². The van der Waals surface area contributed by atoms with E-state index in [1.54, 1.807) is 42.6 Å². The second kappa shape index (κ2) is 29.9. The number of piperidine rings is 1. The molecule has 0 bridgehead atoms. The third kappa shape index (κ3) is 18.9. The lowest BCUT2D eigenvalue weighted by molar-refractivity contribution is -0.141. The summed E-state index contributed by atoms with van der Waals surface area (Å²) in [7, 11) is 1.82. The number of benzene rings is 3. The van der Waals surface area contributed by atoms with Crippen molar-refractivity contribution in [2.45, 2.75) is 70.0 Å². The minimum absolute atomic E-state index is 0. The van der Waals surface area contributed by atoms with Gasteiger partial charge in [-0.25, -0.2) is 24.3 Å².